The average molecular weight is 406 g/mol. The van der Waals surface area contributed by atoms with Crippen molar-refractivity contribution >= 4 is 23.0 Å². The number of nitrogens with zero attached hydrogens (tertiary/aromatic N) is 1. The number of benzene rings is 2. The van der Waals surface area contributed by atoms with Gasteiger partial charge in [0.2, 0.25) is 5.91 Å². The Bertz CT molecular complexity index is 981. The first-order chi connectivity index (χ1) is 14.7. The standard InChI is InChI=1S/C24H26N2O4/c1-2-29-24(28)26-14-8-12-19(16-26)23(27)25-22(17-9-4-3-5-10-17)21-15-18-11-6-7-13-20(18)30-21/h3-7,9-11,13,15,19,22H,2,8,12,14,16H2,1H3,(H,25,27). The molecule has 1 saturated heterocycles. The normalized spacial score (nSPS) is 17.5. The van der Waals surface area contributed by atoms with Crippen LogP contribution < -0.4 is 5.32 Å². The van der Waals surface area contributed by atoms with E-state index in [4.69, 9.17) is 9.15 Å². The van der Waals surface area contributed by atoms with Crippen LogP contribution in [0.1, 0.15) is 37.1 Å². The molecule has 156 valence electrons. The Hall–Kier alpha value is -3.28. The zero-order chi connectivity index (χ0) is 20.9. The summed E-state index contributed by atoms with van der Waals surface area (Å²) in [6, 6.07) is 19.2. The molecular weight excluding hydrogens is 380 g/mol. The van der Waals surface area contributed by atoms with Crippen molar-refractivity contribution in [3.8, 4) is 0 Å². The lowest BCUT2D eigenvalue weighted by molar-refractivity contribution is -0.127. The van der Waals surface area contributed by atoms with E-state index in [0.29, 0.717) is 25.5 Å². The van der Waals surface area contributed by atoms with E-state index in [1.807, 2.05) is 60.7 Å². The second-order valence-electron chi connectivity index (χ2n) is 7.52. The second-order valence-corrected chi connectivity index (χ2v) is 7.52. The highest BCUT2D eigenvalue weighted by atomic mass is 16.6. The zero-order valence-corrected chi connectivity index (χ0v) is 17.0. The van der Waals surface area contributed by atoms with E-state index in [9.17, 15) is 9.59 Å². The van der Waals surface area contributed by atoms with Gasteiger partial charge in [0.05, 0.1) is 12.5 Å². The van der Waals surface area contributed by atoms with Crippen molar-refractivity contribution in [3.05, 3.63) is 72.0 Å². The van der Waals surface area contributed by atoms with Crippen LogP contribution in [0.3, 0.4) is 0 Å². The highest BCUT2D eigenvalue weighted by Gasteiger charge is 2.31. The molecule has 2 atom stereocenters. The highest BCUT2D eigenvalue weighted by molar-refractivity contribution is 5.82. The van der Waals surface area contributed by atoms with Crippen LogP contribution in [0.15, 0.2) is 65.1 Å². The van der Waals surface area contributed by atoms with E-state index in [0.717, 1.165) is 29.4 Å². The number of likely N-dealkylation sites (tertiary alicyclic amines) is 1. The van der Waals surface area contributed by atoms with Gasteiger partial charge in [-0.1, -0.05) is 48.5 Å². The summed E-state index contributed by atoms with van der Waals surface area (Å²) in [5.74, 6) is 0.325. The summed E-state index contributed by atoms with van der Waals surface area (Å²) < 4.78 is 11.2. The Morgan fingerprint density at radius 2 is 1.93 bits per heavy atom. The average Bonchev–Trinajstić information content (AvgIpc) is 3.22. The number of ether oxygens (including phenoxy) is 1. The van der Waals surface area contributed by atoms with Gasteiger partial charge in [-0.15, -0.1) is 0 Å². The molecule has 1 aromatic heterocycles. The number of carbonyl (C=O) groups is 2. The summed E-state index contributed by atoms with van der Waals surface area (Å²) in [5, 5.41) is 4.15. The van der Waals surface area contributed by atoms with Crippen molar-refractivity contribution < 1.29 is 18.7 Å². The largest absolute Gasteiger partial charge is 0.459 e. The lowest BCUT2D eigenvalue weighted by atomic mass is 9.96. The Morgan fingerprint density at radius 3 is 2.70 bits per heavy atom. The topological polar surface area (TPSA) is 71.8 Å². The molecule has 0 saturated carbocycles. The molecule has 0 bridgehead atoms. The smallest absolute Gasteiger partial charge is 0.409 e. The minimum atomic E-state index is -0.399. The van der Waals surface area contributed by atoms with Gasteiger partial charge < -0.3 is 19.4 Å². The summed E-state index contributed by atoms with van der Waals surface area (Å²) in [4.78, 5) is 26.9. The molecule has 1 aliphatic rings. The van der Waals surface area contributed by atoms with Crippen LogP contribution in [0.2, 0.25) is 0 Å². The Labute approximate surface area is 175 Å². The van der Waals surface area contributed by atoms with Crippen LogP contribution in [0.5, 0.6) is 0 Å². The molecule has 2 amide bonds. The minimum Gasteiger partial charge on any atom is -0.459 e. The number of fused-ring (bicyclic) bond motifs is 1. The zero-order valence-electron chi connectivity index (χ0n) is 17.0. The maximum atomic E-state index is 13.2. The quantitative estimate of drug-likeness (QED) is 0.677. The van der Waals surface area contributed by atoms with Crippen LogP contribution >= 0.6 is 0 Å². The summed E-state index contributed by atoms with van der Waals surface area (Å²) in [7, 11) is 0. The molecule has 6 nitrogen and oxygen atoms in total. The Balaban J connectivity index is 1.56. The van der Waals surface area contributed by atoms with Crippen molar-refractivity contribution in [2.45, 2.75) is 25.8 Å². The number of nitrogens with one attached hydrogen (secondary N) is 1. The van der Waals surface area contributed by atoms with Gasteiger partial charge in [0, 0.05) is 18.5 Å². The molecule has 2 unspecified atom stereocenters. The predicted molar refractivity (Wildman–Crippen MR) is 114 cm³/mol. The first-order valence-electron chi connectivity index (χ1n) is 10.4. The molecule has 1 aliphatic heterocycles. The first kappa shape index (κ1) is 20.0. The SMILES string of the molecule is CCOC(=O)N1CCCC(C(=O)NC(c2ccccc2)c2cc3ccccc3o2)C1. The fourth-order valence-electron chi connectivity index (χ4n) is 3.94. The lowest BCUT2D eigenvalue weighted by Crippen LogP contribution is -2.46. The minimum absolute atomic E-state index is 0.0849. The molecule has 2 heterocycles. The van der Waals surface area contributed by atoms with Crippen LogP contribution in [-0.4, -0.2) is 36.6 Å². The van der Waals surface area contributed by atoms with Crippen LogP contribution in [-0.2, 0) is 9.53 Å². The molecule has 1 N–H and O–H groups in total. The second kappa shape index (κ2) is 9.03. The van der Waals surface area contributed by atoms with Gasteiger partial charge in [0.15, 0.2) is 0 Å². The molecule has 0 radical (unpaired) electrons. The van der Waals surface area contributed by atoms with Crippen molar-refractivity contribution in [3.63, 3.8) is 0 Å². The number of hydrogen-bond acceptors (Lipinski definition) is 4. The van der Waals surface area contributed by atoms with E-state index < -0.39 is 6.04 Å². The third-order valence-corrected chi connectivity index (χ3v) is 5.47. The lowest BCUT2D eigenvalue weighted by Gasteiger charge is -2.32. The van der Waals surface area contributed by atoms with Crippen LogP contribution in [0, 0.1) is 5.92 Å². The maximum absolute atomic E-state index is 13.2. The van der Waals surface area contributed by atoms with Crippen molar-refractivity contribution in [1.29, 1.82) is 0 Å². The van der Waals surface area contributed by atoms with Gasteiger partial charge in [-0.2, -0.15) is 0 Å². The summed E-state index contributed by atoms with van der Waals surface area (Å²) >= 11 is 0. The van der Waals surface area contributed by atoms with E-state index in [2.05, 4.69) is 5.32 Å². The summed E-state index contributed by atoms with van der Waals surface area (Å²) in [5.41, 5.74) is 1.73. The van der Waals surface area contributed by atoms with Crippen molar-refractivity contribution in [2.75, 3.05) is 19.7 Å². The number of amides is 2. The Morgan fingerprint density at radius 1 is 1.17 bits per heavy atom. The number of piperidine rings is 1. The van der Waals surface area contributed by atoms with Gasteiger partial charge in [-0.05, 0) is 37.5 Å². The molecule has 0 aliphatic carbocycles. The summed E-state index contributed by atoms with van der Waals surface area (Å²) in [6.07, 6.45) is 1.16. The van der Waals surface area contributed by atoms with E-state index in [-0.39, 0.29) is 17.9 Å². The van der Waals surface area contributed by atoms with Crippen molar-refractivity contribution in [1.82, 2.24) is 10.2 Å². The van der Waals surface area contributed by atoms with Gasteiger partial charge in [0.1, 0.15) is 17.4 Å². The molecule has 4 rings (SSSR count). The monoisotopic (exact) mass is 406 g/mol. The van der Waals surface area contributed by atoms with Gasteiger partial charge in [0.25, 0.3) is 0 Å². The third kappa shape index (κ3) is 4.32. The number of rotatable bonds is 5. The van der Waals surface area contributed by atoms with Crippen LogP contribution in [0.25, 0.3) is 11.0 Å². The van der Waals surface area contributed by atoms with E-state index in [1.54, 1.807) is 11.8 Å². The van der Waals surface area contributed by atoms with Crippen LogP contribution in [0.4, 0.5) is 4.79 Å². The number of furan rings is 1. The van der Waals surface area contributed by atoms with E-state index in [1.165, 1.54) is 0 Å². The molecule has 3 aromatic rings. The first-order valence-corrected chi connectivity index (χ1v) is 10.4. The number of carbonyl (C=O) groups excluding carboxylic acids is 2. The molecular formula is C24H26N2O4. The van der Waals surface area contributed by atoms with Gasteiger partial charge in [-0.3, -0.25) is 4.79 Å². The fourth-order valence-corrected chi connectivity index (χ4v) is 3.94. The third-order valence-electron chi connectivity index (χ3n) is 5.47. The molecule has 30 heavy (non-hydrogen) atoms. The molecule has 0 spiro atoms. The van der Waals surface area contributed by atoms with Gasteiger partial charge in [-0.25, -0.2) is 4.79 Å². The summed E-state index contributed by atoms with van der Waals surface area (Å²) in [6.45, 7) is 3.10. The molecule has 2 aromatic carbocycles. The molecule has 1 fully saturated rings. The van der Waals surface area contributed by atoms with Crippen molar-refractivity contribution in [2.24, 2.45) is 5.92 Å². The highest BCUT2D eigenvalue weighted by Crippen LogP contribution is 2.29. The Kier molecular flexibility index (Phi) is 6.02. The molecule has 6 heteroatoms. The van der Waals surface area contributed by atoms with E-state index >= 15 is 0 Å². The fraction of sp³-hybridized carbons (Fsp3) is 0.333. The predicted octanol–water partition coefficient (Wildman–Crippen LogP) is 4.51. The van der Waals surface area contributed by atoms with Gasteiger partial charge >= 0.3 is 6.09 Å². The maximum Gasteiger partial charge on any atom is 0.409 e. The number of hydrogen-bond donors (Lipinski definition) is 1. The number of para-hydroxylation sites is 1.